The molecule has 2 nitrogen and oxygen atoms in total. The van der Waals surface area contributed by atoms with Gasteiger partial charge in [-0.15, -0.1) is 0 Å². The number of nitrogens with one attached hydrogen (secondary N) is 1. The van der Waals surface area contributed by atoms with Gasteiger partial charge in [-0.2, -0.15) is 0 Å². The van der Waals surface area contributed by atoms with Crippen molar-refractivity contribution in [2.75, 3.05) is 18.1 Å². The minimum absolute atomic E-state index is 0.387. The van der Waals surface area contributed by atoms with Crippen molar-refractivity contribution in [3.8, 4) is 0 Å². The van der Waals surface area contributed by atoms with E-state index in [1.54, 1.807) is 0 Å². The van der Waals surface area contributed by atoms with Crippen molar-refractivity contribution < 1.29 is 4.21 Å². The third-order valence-electron chi connectivity index (χ3n) is 1.91. The normalized spacial score (nSPS) is 16.1. The summed E-state index contributed by atoms with van der Waals surface area (Å²) in [6.45, 7) is 9.47. The lowest BCUT2D eigenvalue weighted by atomic mass is 10.2. The molecule has 2 atom stereocenters. The summed E-state index contributed by atoms with van der Waals surface area (Å²) in [7, 11) is -0.635. The molecule has 0 saturated carbocycles. The zero-order chi connectivity index (χ0) is 10.3. The number of hydrogen-bond donors (Lipinski definition) is 1. The molecule has 0 saturated heterocycles. The first-order chi connectivity index (χ1) is 6.06. The largest absolute Gasteiger partial charge is 0.314 e. The fourth-order valence-electron chi connectivity index (χ4n) is 1.14. The molecule has 1 N–H and O–H groups in total. The van der Waals surface area contributed by atoms with Gasteiger partial charge in [-0.25, -0.2) is 0 Å². The van der Waals surface area contributed by atoms with Crippen molar-refractivity contribution in [2.45, 2.75) is 40.2 Å². The van der Waals surface area contributed by atoms with Gasteiger partial charge in [0, 0.05) is 28.3 Å². The summed E-state index contributed by atoms with van der Waals surface area (Å²) >= 11 is 0. The molecule has 0 aliphatic rings. The number of hydrogen-bond acceptors (Lipinski definition) is 2. The molecule has 3 heteroatoms. The van der Waals surface area contributed by atoms with E-state index in [4.69, 9.17) is 0 Å². The van der Waals surface area contributed by atoms with Gasteiger partial charge in [0.05, 0.1) is 0 Å². The second-order valence-corrected chi connectivity index (χ2v) is 5.57. The van der Waals surface area contributed by atoms with Crippen LogP contribution in [-0.2, 0) is 10.8 Å². The summed E-state index contributed by atoms with van der Waals surface area (Å²) in [5, 5.41) is 3.27. The fourth-order valence-corrected chi connectivity index (χ4v) is 2.71. The van der Waals surface area contributed by atoms with Gasteiger partial charge < -0.3 is 5.32 Å². The second-order valence-electron chi connectivity index (χ2n) is 3.95. The maximum absolute atomic E-state index is 11.5. The highest BCUT2D eigenvalue weighted by atomic mass is 32.2. The van der Waals surface area contributed by atoms with Crippen LogP contribution in [0.2, 0.25) is 0 Å². The molecular weight excluding hydrogens is 182 g/mol. The smallest absolute Gasteiger partial charge is 0.0386 e. The minimum Gasteiger partial charge on any atom is -0.314 e. The van der Waals surface area contributed by atoms with E-state index in [-0.39, 0.29) is 0 Å². The second kappa shape index (κ2) is 7.51. The highest BCUT2D eigenvalue weighted by molar-refractivity contribution is 7.85. The van der Waals surface area contributed by atoms with E-state index in [1.165, 1.54) is 0 Å². The van der Waals surface area contributed by atoms with E-state index in [1.807, 2.05) is 0 Å². The van der Waals surface area contributed by atoms with Crippen molar-refractivity contribution >= 4 is 10.8 Å². The van der Waals surface area contributed by atoms with Gasteiger partial charge in [-0.3, -0.25) is 4.21 Å². The first-order valence-corrected chi connectivity index (χ1v) is 6.63. The Balaban J connectivity index is 3.50. The SMILES string of the molecule is CCNC(C)CS(=O)CCC(C)C. The van der Waals surface area contributed by atoms with E-state index in [0.717, 1.165) is 24.5 Å². The Kier molecular flexibility index (Phi) is 7.57. The Morgan fingerprint density at radius 2 is 1.92 bits per heavy atom. The standard InChI is InChI=1S/C10H23NOS/c1-5-11-10(4)8-13(12)7-6-9(2)3/h9-11H,5-8H2,1-4H3. The summed E-state index contributed by atoms with van der Waals surface area (Å²) in [5.41, 5.74) is 0. The van der Waals surface area contributed by atoms with Crippen LogP contribution in [0.1, 0.15) is 34.1 Å². The molecule has 0 fully saturated rings. The van der Waals surface area contributed by atoms with Crippen LogP contribution in [-0.4, -0.2) is 28.3 Å². The molecule has 0 radical (unpaired) electrons. The summed E-state index contributed by atoms with van der Waals surface area (Å²) < 4.78 is 11.5. The molecule has 0 aromatic heterocycles. The van der Waals surface area contributed by atoms with Crippen molar-refractivity contribution in [1.82, 2.24) is 5.32 Å². The topological polar surface area (TPSA) is 29.1 Å². The first-order valence-electron chi connectivity index (χ1n) is 5.14. The Morgan fingerprint density at radius 3 is 2.38 bits per heavy atom. The first kappa shape index (κ1) is 13.1. The summed E-state index contributed by atoms with van der Waals surface area (Å²) in [6, 6.07) is 0.387. The molecule has 0 aromatic rings. The zero-order valence-corrected chi connectivity index (χ0v) is 10.1. The van der Waals surface area contributed by atoms with E-state index in [2.05, 4.69) is 33.0 Å². The monoisotopic (exact) mass is 205 g/mol. The van der Waals surface area contributed by atoms with Crippen LogP contribution >= 0.6 is 0 Å². The van der Waals surface area contributed by atoms with Gasteiger partial charge in [-0.1, -0.05) is 20.8 Å². The van der Waals surface area contributed by atoms with Crippen LogP contribution < -0.4 is 5.32 Å². The molecule has 0 bridgehead atoms. The molecule has 80 valence electrons. The van der Waals surface area contributed by atoms with Gasteiger partial charge in [0.25, 0.3) is 0 Å². The lowest BCUT2D eigenvalue weighted by molar-refractivity contribution is 0.596. The summed E-state index contributed by atoms with van der Waals surface area (Å²) in [4.78, 5) is 0. The Bertz CT molecular complexity index is 148. The van der Waals surface area contributed by atoms with Crippen LogP contribution in [0.15, 0.2) is 0 Å². The van der Waals surface area contributed by atoms with E-state index in [0.29, 0.717) is 12.0 Å². The zero-order valence-electron chi connectivity index (χ0n) is 9.30. The quantitative estimate of drug-likeness (QED) is 0.686. The van der Waals surface area contributed by atoms with Gasteiger partial charge >= 0.3 is 0 Å². The maximum atomic E-state index is 11.5. The molecule has 0 aliphatic heterocycles. The Hall–Kier alpha value is 0.110. The average molecular weight is 205 g/mol. The predicted molar refractivity (Wildman–Crippen MR) is 60.5 cm³/mol. The van der Waals surface area contributed by atoms with Crippen LogP contribution in [0.4, 0.5) is 0 Å². The van der Waals surface area contributed by atoms with Crippen LogP contribution in [0.25, 0.3) is 0 Å². The molecule has 0 rings (SSSR count). The van der Waals surface area contributed by atoms with Gasteiger partial charge in [0.2, 0.25) is 0 Å². The van der Waals surface area contributed by atoms with E-state index in [9.17, 15) is 4.21 Å². The maximum Gasteiger partial charge on any atom is 0.0386 e. The molecule has 0 amide bonds. The van der Waals surface area contributed by atoms with Crippen molar-refractivity contribution in [2.24, 2.45) is 5.92 Å². The fraction of sp³-hybridized carbons (Fsp3) is 1.00. The Labute approximate surface area is 84.9 Å². The van der Waals surface area contributed by atoms with Crippen molar-refractivity contribution in [3.05, 3.63) is 0 Å². The highest BCUT2D eigenvalue weighted by Crippen LogP contribution is 2.01. The molecule has 13 heavy (non-hydrogen) atoms. The van der Waals surface area contributed by atoms with Crippen LogP contribution in [0.3, 0.4) is 0 Å². The lowest BCUT2D eigenvalue weighted by Gasteiger charge is -2.12. The molecule has 0 heterocycles. The van der Waals surface area contributed by atoms with Crippen LogP contribution in [0, 0.1) is 5.92 Å². The summed E-state index contributed by atoms with van der Waals surface area (Å²) in [6.07, 6.45) is 1.07. The predicted octanol–water partition coefficient (Wildman–Crippen LogP) is 1.78. The van der Waals surface area contributed by atoms with Crippen molar-refractivity contribution in [1.29, 1.82) is 0 Å². The minimum atomic E-state index is -0.635. The average Bonchev–Trinajstić information content (AvgIpc) is 2.01. The van der Waals surface area contributed by atoms with Crippen molar-refractivity contribution in [3.63, 3.8) is 0 Å². The third-order valence-corrected chi connectivity index (χ3v) is 3.47. The lowest BCUT2D eigenvalue weighted by Crippen LogP contribution is -2.31. The third kappa shape index (κ3) is 8.44. The number of rotatable bonds is 7. The van der Waals surface area contributed by atoms with Gasteiger partial charge in [0.1, 0.15) is 0 Å². The van der Waals surface area contributed by atoms with Crippen LogP contribution in [0.5, 0.6) is 0 Å². The van der Waals surface area contributed by atoms with Gasteiger partial charge in [-0.05, 0) is 25.8 Å². The molecule has 2 unspecified atom stereocenters. The summed E-state index contributed by atoms with van der Waals surface area (Å²) in [5.74, 6) is 2.31. The highest BCUT2D eigenvalue weighted by Gasteiger charge is 2.06. The molecule has 0 aromatic carbocycles. The Morgan fingerprint density at radius 1 is 1.31 bits per heavy atom. The van der Waals surface area contributed by atoms with E-state index >= 15 is 0 Å². The van der Waals surface area contributed by atoms with Gasteiger partial charge in [0.15, 0.2) is 0 Å². The molecule has 0 spiro atoms. The molecular formula is C10H23NOS. The van der Waals surface area contributed by atoms with E-state index < -0.39 is 10.8 Å². The molecule has 0 aliphatic carbocycles.